The first-order valence-electron chi connectivity index (χ1n) is 7.95. The Balaban J connectivity index is 1.95. The number of allylic oxidation sites excluding steroid dienone is 1. The predicted octanol–water partition coefficient (Wildman–Crippen LogP) is 3.66. The lowest BCUT2D eigenvalue weighted by Gasteiger charge is -2.15. The van der Waals surface area contributed by atoms with Crippen molar-refractivity contribution in [3.8, 4) is 0 Å². The molecule has 1 aliphatic heterocycles. The summed E-state index contributed by atoms with van der Waals surface area (Å²) in [6.45, 7) is 5.32. The average Bonchev–Trinajstić information content (AvgIpc) is 3.35. The van der Waals surface area contributed by atoms with Gasteiger partial charge in [0.1, 0.15) is 11.9 Å². The van der Waals surface area contributed by atoms with E-state index in [1.165, 1.54) is 12.1 Å². The minimum absolute atomic E-state index is 0.176. The van der Waals surface area contributed by atoms with Crippen molar-refractivity contribution >= 4 is 12.0 Å². The Morgan fingerprint density at radius 2 is 2.30 bits per heavy atom. The third-order valence-corrected chi connectivity index (χ3v) is 3.54. The molecule has 2 atom stereocenters. The van der Waals surface area contributed by atoms with E-state index in [1.807, 2.05) is 19.1 Å². The lowest BCUT2D eigenvalue weighted by atomic mass is 10.0. The zero-order valence-electron chi connectivity index (χ0n) is 13.6. The van der Waals surface area contributed by atoms with Gasteiger partial charge in [-0.05, 0) is 43.5 Å². The maximum absolute atomic E-state index is 13.5. The molecule has 1 fully saturated rings. The summed E-state index contributed by atoms with van der Waals surface area (Å²) in [5.74, 6) is -0.501. The van der Waals surface area contributed by atoms with Crippen molar-refractivity contribution < 1.29 is 23.4 Å². The molecule has 126 valence electrons. The van der Waals surface area contributed by atoms with Gasteiger partial charge in [-0.15, -0.1) is 0 Å². The number of rotatable bonds is 9. The smallest absolute Gasteiger partial charge is 0.306 e. The monoisotopic (exact) mass is 322 g/mol. The summed E-state index contributed by atoms with van der Waals surface area (Å²) < 4.78 is 29.2. The van der Waals surface area contributed by atoms with E-state index in [1.54, 1.807) is 13.0 Å². The normalized spacial score (nSPS) is 18.1. The van der Waals surface area contributed by atoms with E-state index in [0.717, 1.165) is 17.7 Å². The highest BCUT2D eigenvalue weighted by molar-refractivity contribution is 5.69. The highest BCUT2D eigenvalue weighted by Gasteiger charge is 2.24. The van der Waals surface area contributed by atoms with Gasteiger partial charge in [0.2, 0.25) is 0 Å². The van der Waals surface area contributed by atoms with Crippen LogP contribution in [0.4, 0.5) is 4.39 Å². The largest absolute Gasteiger partial charge is 0.466 e. The summed E-state index contributed by atoms with van der Waals surface area (Å²) in [6, 6.07) is 4.63. The molecule has 23 heavy (non-hydrogen) atoms. The molecule has 0 aromatic heterocycles. The van der Waals surface area contributed by atoms with Crippen LogP contribution in [0.15, 0.2) is 24.3 Å². The van der Waals surface area contributed by atoms with Crippen LogP contribution in [0.25, 0.3) is 6.08 Å². The molecule has 1 unspecified atom stereocenters. The first kappa shape index (κ1) is 17.6. The maximum atomic E-state index is 13.5. The Hall–Kier alpha value is -1.72. The van der Waals surface area contributed by atoms with E-state index in [9.17, 15) is 9.18 Å². The van der Waals surface area contributed by atoms with E-state index >= 15 is 0 Å². The molecule has 1 saturated heterocycles. The standard InChI is InChI=1S/C18H23FO4/c1-3-21-18(20)7-5-4-6-14-8-9-15(19)10-17(14)13(2)22-11-16-12-23-16/h4,6,8-10,13,16H,3,5,7,11-12H2,1-2H3/t13-,16?/m1/s1. The van der Waals surface area contributed by atoms with Crippen molar-refractivity contribution in [2.45, 2.75) is 38.9 Å². The van der Waals surface area contributed by atoms with E-state index in [2.05, 4.69) is 0 Å². The molecule has 0 amide bonds. The Labute approximate surface area is 136 Å². The van der Waals surface area contributed by atoms with Crippen LogP contribution in [0.2, 0.25) is 0 Å². The van der Waals surface area contributed by atoms with Crippen molar-refractivity contribution in [2.75, 3.05) is 19.8 Å². The van der Waals surface area contributed by atoms with Gasteiger partial charge in [0, 0.05) is 6.42 Å². The summed E-state index contributed by atoms with van der Waals surface area (Å²) in [5.41, 5.74) is 1.68. The van der Waals surface area contributed by atoms with Gasteiger partial charge in [0.15, 0.2) is 0 Å². The average molecular weight is 322 g/mol. The first-order valence-corrected chi connectivity index (χ1v) is 7.95. The van der Waals surface area contributed by atoms with E-state index in [4.69, 9.17) is 14.2 Å². The van der Waals surface area contributed by atoms with E-state index in [-0.39, 0.29) is 24.0 Å². The van der Waals surface area contributed by atoms with Gasteiger partial charge in [-0.25, -0.2) is 4.39 Å². The molecule has 0 spiro atoms. The van der Waals surface area contributed by atoms with Gasteiger partial charge in [-0.1, -0.05) is 18.2 Å². The highest BCUT2D eigenvalue weighted by Crippen LogP contribution is 2.25. The Morgan fingerprint density at radius 3 is 3.00 bits per heavy atom. The summed E-state index contributed by atoms with van der Waals surface area (Å²) in [7, 11) is 0. The topological polar surface area (TPSA) is 48.1 Å². The molecule has 1 aliphatic rings. The number of esters is 1. The Morgan fingerprint density at radius 1 is 1.52 bits per heavy atom. The SMILES string of the molecule is CCOC(=O)CCC=Cc1ccc(F)cc1[C@@H](C)OCC1CO1. The quantitative estimate of drug-likeness (QED) is 0.514. The number of halogens is 1. The number of benzene rings is 1. The van der Waals surface area contributed by atoms with Crippen LogP contribution >= 0.6 is 0 Å². The van der Waals surface area contributed by atoms with Gasteiger partial charge in [-0.2, -0.15) is 0 Å². The highest BCUT2D eigenvalue weighted by atomic mass is 19.1. The molecule has 0 bridgehead atoms. The van der Waals surface area contributed by atoms with Crippen LogP contribution in [0, 0.1) is 5.82 Å². The predicted molar refractivity (Wildman–Crippen MR) is 85.4 cm³/mol. The summed E-state index contributed by atoms with van der Waals surface area (Å²) in [4.78, 5) is 11.3. The van der Waals surface area contributed by atoms with Crippen LogP contribution in [-0.2, 0) is 19.0 Å². The molecule has 0 radical (unpaired) electrons. The number of epoxide rings is 1. The third-order valence-electron chi connectivity index (χ3n) is 3.54. The number of carbonyl (C=O) groups excluding carboxylic acids is 1. The van der Waals surface area contributed by atoms with Gasteiger partial charge < -0.3 is 14.2 Å². The van der Waals surface area contributed by atoms with E-state index < -0.39 is 0 Å². The second-order valence-electron chi connectivity index (χ2n) is 5.45. The molecule has 1 aromatic rings. The minimum Gasteiger partial charge on any atom is -0.466 e. The summed E-state index contributed by atoms with van der Waals surface area (Å²) in [6.07, 6.45) is 4.66. The number of hydrogen-bond donors (Lipinski definition) is 0. The molecule has 1 aromatic carbocycles. The van der Waals surface area contributed by atoms with Crippen LogP contribution < -0.4 is 0 Å². The van der Waals surface area contributed by atoms with Gasteiger partial charge >= 0.3 is 5.97 Å². The molecule has 5 heteroatoms. The lowest BCUT2D eigenvalue weighted by Crippen LogP contribution is -2.07. The molecule has 4 nitrogen and oxygen atoms in total. The van der Waals surface area contributed by atoms with Crippen LogP contribution in [0.5, 0.6) is 0 Å². The van der Waals surface area contributed by atoms with Crippen molar-refractivity contribution in [3.05, 3.63) is 41.2 Å². The first-order chi connectivity index (χ1) is 11.1. The second kappa shape index (κ2) is 8.79. The zero-order valence-corrected chi connectivity index (χ0v) is 13.6. The molecule has 0 aliphatic carbocycles. The second-order valence-corrected chi connectivity index (χ2v) is 5.45. The third kappa shape index (κ3) is 6.12. The minimum atomic E-state index is -0.290. The van der Waals surface area contributed by atoms with Crippen molar-refractivity contribution in [3.63, 3.8) is 0 Å². The van der Waals surface area contributed by atoms with Crippen molar-refractivity contribution in [1.29, 1.82) is 0 Å². The van der Waals surface area contributed by atoms with Crippen LogP contribution in [0.1, 0.15) is 43.9 Å². The van der Waals surface area contributed by atoms with Crippen molar-refractivity contribution in [1.82, 2.24) is 0 Å². The number of hydrogen-bond acceptors (Lipinski definition) is 4. The van der Waals surface area contributed by atoms with Crippen molar-refractivity contribution in [2.24, 2.45) is 0 Å². The zero-order chi connectivity index (χ0) is 16.7. The van der Waals surface area contributed by atoms with E-state index in [0.29, 0.717) is 26.1 Å². The summed E-state index contributed by atoms with van der Waals surface area (Å²) >= 11 is 0. The molecule has 0 N–H and O–H groups in total. The number of ether oxygens (including phenoxy) is 3. The summed E-state index contributed by atoms with van der Waals surface area (Å²) in [5, 5.41) is 0. The molecular formula is C18H23FO4. The molecule has 0 saturated carbocycles. The molecular weight excluding hydrogens is 299 g/mol. The fraction of sp³-hybridized carbons (Fsp3) is 0.500. The maximum Gasteiger partial charge on any atom is 0.306 e. The fourth-order valence-electron chi connectivity index (χ4n) is 2.20. The Kier molecular flexibility index (Phi) is 6.74. The Bertz CT molecular complexity index is 552. The fourth-order valence-corrected chi connectivity index (χ4v) is 2.20. The molecule has 2 rings (SSSR count). The van der Waals surface area contributed by atoms with Crippen LogP contribution in [-0.4, -0.2) is 31.9 Å². The molecule has 1 heterocycles. The lowest BCUT2D eigenvalue weighted by molar-refractivity contribution is -0.142. The van der Waals surface area contributed by atoms with Gasteiger partial charge in [-0.3, -0.25) is 4.79 Å². The number of carbonyl (C=O) groups is 1. The van der Waals surface area contributed by atoms with Crippen LogP contribution in [0.3, 0.4) is 0 Å². The van der Waals surface area contributed by atoms with Gasteiger partial charge in [0.25, 0.3) is 0 Å². The van der Waals surface area contributed by atoms with Gasteiger partial charge in [0.05, 0.1) is 25.9 Å².